The summed E-state index contributed by atoms with van der Waals surface area (Å²) in [7, 11) is 3.24. The molecule has 6 N–H and O–H groups in total. The Morgan fingerprint density at radius 1 is 1.00 bits per heavy atom. The second kappa shape index (κ2) is 19.1. The maximum atomic E-state index is 13.3. The number of imide groups is 1. The van der Waals surface area contributed by atoms with Crippen molar-refractivity contribution >= 4 is 29.6 Å². The van der Waals surface area contributed by atoms with E-state index in [4.69, 9.17) is 5.73 Å². The zero-order valence-corrected chi connectivity index (χ0v) is 27.6. The van der Waals surface area contributed by atoms with E-state index in [0.29, 0.717) is 31.7 Å². The molecule has 0 aliphatic heterocycles. The van der Waals surface area contributed by atoms with Gasteiger partial charge in [0.2, 0.25) is 23.6 Å². The van der Waals surface area contributed by atoms with E-state index < -0.39 is 48.3 Å². The van der Waals surface area contributed by atoms with Crippen molar-refractivity contribution in [2.75, 3.05) is 27.2 Å². The predicted molar refractivity (Wildman–Crippen MR) is 171 cm³/mol. The first kappa shape index (κ1) is 37.7. The number of carbonyl (C=O) groups excluding carboxylic acids is 5. The Bertz CT molecular complexity index is 1150. The van der Waals surface area contributed by atoms with Gasteiger partial charge in [0.05, 0.1) is 25.7 Å². The third-order valence-corrected chi connectivity index (χ3v) is 8.61. The van der Waals surface area contributed by atoms with Crippen LogP contribution in [0, 0.1) is 19.8 Å². The molecule has 2 rings (SSSR count). The molecule has 1 saturated carbocycles. The third kappa shape index (κ3) is 13.2. The molecule has 12 nitrogen and oxygen atoms in total. The normalized spacial score (nSPS) is 15.5. The van der Waals surface area contributed by atoms with Gasteiger partial charge >= 0.3 is 5.97 Å². The minimum atomic E-state index is -0.960. The van der Waals surface area contributed by atoms with E-state index >= 15 is 0 Å². The number of phenolic OH excluding ortho intramolecular Hbond substituents is 1. The van der Waals surface area contributed by atoms with Crippen LogP contribution in [0.2, 0.25) is 0 Å². The van der Waals surface area contributed by atoms with Gasteiger partial charge in [0.1, 0.15) is 11.8 Å². The molecule has 1 aliphatic rings. The van der Waals surface area contributed by atoms with Gasteiger partial charge in [0.15, 0.2) is 0 Å². The van der Waals surface area contributed by atoms with Crippen molar-refractivity contribution in [3.63, 3.8) is 0 Å². The molecular weight excluding hydrogens is 578 g/mol. The fraction of sp³-hybridized carbons (Fsp3) is 0.667. The highest BCUT2D eigenvalue weighted by Gasteiger charge is 2.29. The summed E-state index contributed by atoms with van der Waals surface area (Å²) in [6.45, 7) is 5.36. The molecule has 1 aromatic rings. The number of nitrogens with zero attached hydrogens (tertiary/aromatic N) is 1. The molecule has 0 heterocycles. The monoisotopic (exact) mass is 631 g/mol. The zero-order chi connectivity index (χ0) is 33.5. The number of nitrogens with two attached hydrogens (primary N) is 1. The molecule has 12 heteroatoms. The first-order chi connectivity index (χ1) is 21.3. The van der Waals surface area contributed by atoms with Crippen LogP contribution in [0.25, 0.3) is 0 Å². The van der Waals surface area contributed by atoms with Crippen LogP contribution >= 0.6 is 0 Å². The molecule has 0 radical (unpaired) electrons. The summed E-state index contributed by atoms with van der Waals surface area (Å²) in [6, 6.07) is 0.831. The van der Waals surface area contributed by atoms with Gasteiger partial charge < -0.3 is 26.2 Å². The average Bonchev–Trinajstić information content (AvgIpc) is 3.00. The number of hydrogen-bond acceptors (Lipinski definition) is 9. The number of rotatable bonds is 17. The second-order valence-corrected chi connectivity index (χ2v) is 12.4. The molecule has 1 aliphatic carbocycles. The van der Waals surface area contributed by atoms with Gasteiger partial charge in [-0.3, -0.25) is 34.2 Å². The number of phenols is 1. The molecule has 0 unspecified atom stereocenters. The largest absolute Gasteiger partial charge is 0.508 e. The topological polar surface area (TPSA) is 180 Å². The van der Waals surface area contributed by atoms with E-state index in [9.17, 15) is 29.1 Å². The summed E-state index contributed by atoms with van der Waals surface area (Å²) in [4.78, 5) is 64.6. The maximum absolute atomic E-state index is 13.3. The quantitative estimate of drug-likeness (QED) is 0.127. The molecule has 1 aromatic carbocycles. The summed E-state index contributed by atoms with van der Waals surface area (Å²) in [5.74, 6) is -1.84. The van der Waals surface area contributed by atoms with Crippen LogP contribution in [0.3, 0.4) is 0 Å². The summed E-state index contributed by atoms with van der Waals surface area (Å²) in [5, 5.41) is 17.3. The Labute approximate surface area is 267 Å². The van der Waals surface area contributed by atoms with Crippen LogP contribution < -0.4 is 21.7 Å². The van der Waals surface area contributed by atoms with Crippen molar-refractivity contribution in [1.29, 1.82) is 0 Å². The molecule has 0 bridgehead atoms. The molecule has 45 heavy (non-hydrogen) atoms. The number of amides is 4. The fourth-order valence-corrected chi connectivity index (χ4v) is 5.87. The first-order valence-corrected chi connectivity index (χ1v) is 16.1. The van der Waals surface area contributed by atoms with Crippen molar-refractivity contribution in [3.05, 3.63) is 28.8 Å². The summed E-state index contributed by atoms with van der Waals surface area (Å²) in [5.41, 5.74) is 8.57. The van der Waals surface area contributed by atoms with Crippen molar-refractivity contribution < 1.29 is 33.8 Å². The number of methoxy groups -OCH3 is 1. The Balaban J connectivity index is 1.86. The lowest BCUT2D eigenvalue weighted by Crippen LogP contribution is -2.53. The van der Waals surface area contributed by atoms with Gasteiger partial charge in [0, 0.05) is 6.42 Å². The van der Waals surface area contributed by atoms with Crippen molar-refractivity contribution in [2.45, 2.75) is 110 Å². The van der Waals surface area contributed by atoms with E-state index in [1.807, 2.05) is 25.8 Å². The first-order valence-electron chi connectivity index (χ1n) is 16.1. The Hall–Kier alpha value is -3.51. The Kier molecular flexibility index (Phi) is 16.0. The number of aryl methyl sites for hydroxylation is 2. The van der Waals surface area contributed by atoms with Gasteiger partial charge in [-0.2, -0.15) is 0 Å². The SMILES string of the molecule is COC(=O)CCCCCN(C)[C@@H](CC1CCCCC1)C(=O)NC(=O)CNC(=O)[C@@H](C)NC(=O)[C@H](N)Cc1c(C)cc(O)cc1C. The zero-order valence-electron chi connectivity index (χ0n) is 27.6. The lowest BCUT2D eigenvalue weighted by atomic mass is 9.84. The van der Waals surface area contributed by atoms with Gasteiger partial charge in [-0.25, -0.2) is 0 Å². The molecule has 0 spiro atoms. The lowest BCUT2D eigenvalue weighted by molar-refractivity contribution is -0.140. The molecule has 252 valence electrons. The van der Waals surface area contributed by atoms with Gasteiger partial charge in [-0.1, -0.05) is 38.5 Å². The van der Waals surface area contributed by atoms with E-state index in [0.717, 1.165) is 55.2 Å². The van der Waals surface area contributed by atoms with Gasteiger partial charge in [0.25, 0.3) is 0 Å². The number of unbranched alkanes of at least 4 members (excludes halogenated alkanes) is 2. The molecular formula is C33H53N5O7. The number of esters is 1. The highest BCUT2D eigenvalue weighted by atomic mass is 16.5. The predicted octanol–water partition coefficient (Wildman–Crippen LogP) is 2.15. The summed E-state index contributed by atoms with van der Waals surface area (Å²) in [6.07, 6.45) is 9.15. The van der Waals surface area contributed by atoms with E-state index in [2.05, 4.69) is 20.7 Å². The number of hydrogen-bond donors (Lipinski definition) is 5. The molecule has 0 aromatic heterocycles. The van der Waals surface area contributed by atoms with Gasteiger partial charge in [-0.15, -0.1) is 0 Å². The summed E-state index contributed by atoms with van der Waals surface area (Å²) >= 11 is 0. The van der Waals surface area contributed by atoms with E-state index in [-0.39, 0.29) is 18.1 Å². The minimum Gasteiger partial charge on any atom is -0.508 e. The third-order valence-electron chi connectivity index (χ3n) is 8.61. The fourth-order valence-electron chi connectivity index (χ4n) is 5.87. The molecule has 3 atom stereocenters. The summed E-state index contributed by atoms with van der Waals surface area (Å²) < 4.78 is 4.68. The van der Waals surface area contributed by atoms with Crippen LogP contribution in [0.5, 0.6) is 5.75 Å². The highest BCUT2D eigenvalue weighted by molar-refractivity contribution is 6.00. The van der Waals surface area contributed by atoms with Gasteiger partial charge in [-0.05, 0) is 94.8 Å². The lowest BCUT2D eigenvalue weighted by Gasteiger charge is -2.31. The number of benzene rings is 1. The minimum absolute atomic E-state index is 0.138. The maximum Gasteiger partial charge on any atom is 0.305 e. The van der Waals surface area contributed by atoms with Crippen molar-refractivity contribution in [1.82, 2.24) is 20.9 Å². The smallest absolute Gasteiger partial charge is 0.305 e. The van der Waals surface area contributed by atoms with Crippen molar-refractivity contribution in [3.8, 4) is 5.75 Å². The van der Waals surface area contributed by atoms with Crippen LogP contribution in [0.15, 0.2) is 12.1 Å². The number of ether oxygens (including phenoxy) is 1. The molecule has 0 saturated heterocycles. The number of aromatic hydroxyl groups is 1. The van der Waals surface area contributed by atoms with Crippen LogP contribution in [0.1, 0.15) is 87.8 Å². The van der Waals surface area contributed by atoms with Crippen LogP contribution in [-0.4, -0.2) is 85.0 Å². The molecule has 4 amide bonds. The second-order valence-electron chi connectivity index (χ2n) is 12.4. The highest BCUT2D eigenvalue weighted by Crippen LogP contribution is 2.28. The number of likely N-dealkylation sites (N-methyl/N-ethyl adjacent to an activating group) is 1. The Morgan fingerprint density at radius 3 is 2.27 bits per heavy atom. The van der Waals surface area contributed by atoms with Crippen LogP contribution in [-0.2, 0) is 35.1 Å². The van der Waals surface area contributed by atoms with E-state index in [1.54, 1.807) is 12.1 Å². The number of nitrogens with one attached hydrogen (secondary N) is 3. The average molecular weight is 632 g/mol. The standard InChI is InChI=1S/C33H53N5O7/c1-21-16-25(39)17-22(2)26(21)19-27(34)32(43)36-23(3)31(42)35-20-29(40)37-33(44)28(18-24-12-8-6-9-13-24)38(4)15-11-7-10-14-30(41)45-5/h16-17,23-24,27-28,39H,6-15,18-20,34H2,1-5H3,(H,35,42)(H,36,43)(H,37,40,44)/t23-,27-,28+/m1/s1. The van der Waals surface area contributed by atoms with Crippen LogP contribution in [0.4, 0.5) is 0 Å². The van der Waals surface area contributed by atoms with E-state index in [1.165, 1.54) is 20.5 Å². The molecule has 1 fully saturated rings. The number of carbonyl (C=O) groups is 5. The van der Waals surface area contributed by atoms with Crippen molar-refractivity contribution in [2.24, 2.45) is 11.7 Å². The Morgan fingerprint density at radius 2 is 1.64 bits per heavy atom.